The van der Waals surface area contributed by atoms with Crippen molar-refractivity contribution < 1.29 is 28.5 Å². The van der Waals surface area contributed by atoms with Crippen LogP contribution in [-0.4, -0.2) is 41.0 Å². The first kappa shape index (κ1) is 26.9. The Hall–Kier alpha value is -4.65. The fourth-order valence-corrected chi connectivity index (χ4v) is 3.53. The third-order valence-electron chi connectivity index (χ3n) is 5.29. The van der Waals surface area contributed by atoms with Crippen molar-refractivity contribution in [1.82, 2.24) is 0 Å². The molecule has 3 rings (SSSR count). The molecule has 0 atom stereocenters. The highest BCUT2D eigenvalue weighted by atomic mass is 16.5. The Labute approximate surface area is 217 Å². The zero-order chi connectivity index (χ0) is 26.6. The van der Waals surface area contributed by atoms with Crippen LogP contribution in [0.25, 0.3) is 18.2 Å². The Kier molecular flexibility index (Phi) is 9.79. The number of nitrogens with one attached hydrogen (secondary N) is 1. The van der Waals surface area contributed by atoms with Crippen molar-refractivity contribution in [3.8, 4) is 28.7 Å². The maximum atomic E-state index is 12.6. The average Bonchev–Trinajstić information content (AvgIpc) is 2.93. The second kappa shape index (κ2) is 13.4. The van der Waals surface area contributed by atoms with E-state index in [0.29, 0.717) is 41.0 Å². The van der Waals surface area contributed by atoms with E-state index in [1.165, 1.54) is 6.08 Å². The van der Waals surface area contributed by atoms with Gasteiger partial charge in [0.05, 0.1) is 34.1 Å². The minimum Gasteiger partial charge on any atom is -0.495 e. The summed E-state index contributed by atoms with van der Waals surface area (Å²) < 4.78 is 27.2. The van der Waals surface area contributed by atoms with Crippen LogP contribution in [0.2, 0.25) is 0 Å². The second-order valence-corrected chi connectivity index (χ2v) is 7.75. The number of ether oxygens (including phenoxy) is 5. The molecule has 1 amide bonds. The van der Waals surface area contributed by atoms with Crippen molar-refractivity contribution in [3.05, 3.63) is 90.0 Å². The first-order valence-electron chi connectivity index (χ1n) is 11.5. The Morgan fingerprint density at radius 1 is 0.784 bits per heavy atom. The predicted octanol–water partition coefficient (Wildman–Crippen LogP) is 6.11. The summed E-state index contributed by atoms with van der Waals surface area (Å²) in [5.41, 5.74) is 3.11. The van der Waals surface area contributed by atoms with Crippen LogP contribution in [0.3, 0.4) is 0 Å². The van der Waals surface area contributed by atoms with E-state index in [1.807, 2.05) is 60.7 Å². The quantitative estimate of drug-likeness (QED) is 0.183. The van der Waals surface area contributed by atoms with E-state index in [2.05, 4.69) is 11.9 Å². The summed E-state index contributed by atoms with van der Waals surface area (Å²) in [4.78, 5) is 12.6. The molecule has 1 N–H and O–H groups in total. The summed E-state index contributed by atoms with van der Waals surface area (Å²) in [5.74, 6) is 2.62. The first-order chi connectivity index (χ1) is 18.0. The molecule has 3 aromatic rings. The number of benzene rings is 3. The van der Waals surface area contributed by atoms with Gasteiger partial charge in [0.25, 0.3) is 0 Å². The molecule has 0 radical (unpaired) electrons. The van der Waals surface area contributed by atoms with Gasteiger partial charge in [-0.25, -0.2) is 0 Å². The summed E-state index contributed by atoms with van der Waals surface area (Å²) in [6, 6.07) is 16.7. The fourth-order valence-electron chi connectivity index (χ4n) is 3.53. The van der Waals surface area contributed by atoms with Crippen LogP contribution in [0.15, 0.2) is 73.3 Å². The fraction of sp³-hybridized carbons (Fsp3) is 0.167. The molecule has 0 heterocycles. The highest BCUT2D eigenvalue weighted by Crippen LogP contribution is 2.38. The van der Waals surface area contributed by atoms with Gasteiger partial charge in [-0.1, -0.05) is 43.0 Å². The highest BCUT2D eigenvalue weighted by Gasteiger charge is 2.12. The van der Waals surface area contributed by atoms with Crippen LogP contribution in [0.4, 0.5) is 5.69 Å². The Morgan fingerprint density at radius 2 is 1.46 bits per heavy atom. The van der Waals surface area contributed by atoms with Gasteiger partial charge in [0.15, 0.2) is 11.5 Å². The Morgan fingerprint density at radius 3 is 2.11 bits per heavy atom. The van der Waals surface area contributed by atoms with Crippen molar-refractivity contribution in [3.63, 3.8) is 0 Å². The molecule has 0 saturated carbocycles. The monoisotopic (exact) mass is 501 g/mol. The SMILES string of the molecule is C=CCOc1cccc(/C=C/C(=O)Nc2cc(/C=C/c3cc(OC)c(OC)c(OC)c3)ccc2OC)c1. The van der Waals surface area contributed by atoms with E-state index >= 15 is 0 Å². The van der Waals surface area contributed by atoms with Crippen LogP contribution in [0.5, 0.6) is 28.7 Å². The van der Waals surface area contributed by atoms with Gasteiger partial charge in [0.2, 0.25) is 11.7 Å². The molecule has 7 nitrogen and oxygen atoms in total. The van der Waals surface area contributed by atoms with Crippen molar-refractivity contribution in [2.45, 2.75) is 0 Å². The molecule has 0 aliphatic carbocycles. The topological polar surface area (TPSA) is 75.3 Å². The molecule has 0 fully saturated rings. The minimum atomic E-state index is -0.290. The standard InChI is InChI=1S/C30H31NO6/c1-6-16-37-24-9-7-8-21(17-24)13-15-29(32)31-25-18-22(12-14-26(25)33-2)10-11-23-19-27(34-3)30(36-5)28(20-23)35-4/h6-15,17-20H,1,16H2,2-5H3,(H,31,32)/b11-10+,15-13+. The lowest BCUT2D eigenvalue weighted by Crippen LogP contribution is -2.09. The van der Waals surface area contributed by atoms with Gasteiger partial charge >= 0.3 is 0 Å². The van der Waals surface area contributed by atoms with Crippen LogP contribution >= 0.6 is 0 Å². The van der Waals surface area contributed by atoms with Crippen LogP contribution < -0.4 is 29.0 Å². The first-order valence-corrected chi connectivity index (χ1v) is 11.5. The van der Waals surface area contributed by atoms with Crippen molar-refractivity contribution in [2.75, 3.05) is 40.4 Å². The lowest BCUT2D eigenvalue weighted by atomic mass is 10.1. The number of anilines is 1. The summed E-state index contributed by atoms with van der Waals surface area (Å²) in [6.45, 7) is 4.06. The van der Waals surface area contributed by atoms with Crippen molar-refractivity contribution >= 4 is 29.8 Å². The molecule has 192 valence electrons. The zero-order valence-corrected chi connectivity index (χ0v) is 21.4. The molecule has 0 aromatic heterocycles. The molecular weight excluding hydrogens is 470 g/mol. The smallest absolute Gasteiger partial charge is 0.248 e. The number of carbonyl (C=O) groups excluding carboxylic acids is 1. The number of hydrogen-bond donors (Lipinski definition) is 1. The van der Waals surface area contributed by atoms with Crippen LogP contribution in [0.1, 0.15) is 16.7 Å². The summed E-state index contributed by atoms with van der Waals surface area (Å²) in [5, 5.41) is 2.89. The van der Waals surface area contributed by atoms with Gasteiger partial charge in [-0.2, -0.15) is 0 Å². The summed E-state index contributed by atoms with van der Waals surface area (Å²) in [7, 11) is 6.27. The molecule has 0 saturated heterocycles. The number of hydrogen-bond acceptors (Lipinski definition) is 6. The van der Waals surface area contributed by atoms with E-state index < -0.39 is 0 Å². The maximum absolute atomic E-state index is 12.6. The lowest BCUT2D eigenvalue weighted by molar-refractivity contribution is -0.111. The zero-order valence-electron chi connectivity index (χ0n) is 21.4. The Bertz CT molecular complexity index is 1270. The molecule has 3 aromatic carbocycles. The number of amides is 1. The number of rotatable bonds is 12. The van der Waals surface area contributed by atoms with Crippen molar-refractivity contribution in [2.24, 2.45) is 0 Å². The van der Waals surface area contributed by atoms with E-state index in [1.54, 1.807) is 46.7 Å². The van der Waals surface area contributed by atoms with Gasteiger partial charge in [-0.3, -0.25) is 4.79 Å². The normalized spacial score (nSPS) is 10.8. The van der Waals surface area contributed by atoms with E-state index in [0.717, 1.165) is 16.7 Å². The minimum absolute atomic E-state index is 0.290. The largest absolute Gasteiger partial charge is 0.495 e. The molecule has 0 aliphatic heterocycles. The Balaban J connectivity index is 1.77. The molecule has 0 spiro atoms. The average molecular weight is 502 g/mol. The van der Waals surface area contributed by atoms with Crippen LogP contribution in [0, 0.1) is 0 Å². The maximum Gasteiger partial charge on any atom is 0.248 e. The summed E-state index contributed by atoms with van der Waals surface area (Å²) >= 11 is 0. The third-order valence-corrected chi connectivity index (χ3v) is 5.29. The highest BCUT2D eigenvalue weighted by molar-refractivity contribution is 6.03. The lowest BCUT2D eigenvalue weighted by Gasteiger charge is -2.13. The van der Waals surface area contributed by atoms with Crippen molar-refractivity contribution in [1.29, 1.82) is 0 Å². The van der Waals surface area contributed by atoms with Gasteiger partial charge in [-0.05, 0) is 59.2 Å². The molecule has 0 unspecified atom stereocenters. The predicted molar refractivity (Wildman–Crippen MR) is 148 cm³/mol. The van der Waals surface area contributed by atoms with E-state index in [9.17, 15) is 4.79 Å². The molecule has 0 aliphatic rings. The van der Waals surface area contributed by atoms with Gasteiger partial charge in [-0.15, -0.1) is 0 Å². The van der Waals surface area contributed by atoms with Gasteiger partial charge in [0.1, 0.15) is 18.1 Å². The van der Waals surface area contributed by atoms with Gasteiger partial charge < -0.3 is 29.0 Å². The number of methoxy groups -OCH3 is 4. The molecule has 37 heavy (non-hydrogen) atoms. The number of carbonyl (C=O) groups is 1. The third kappa shape index (κ3) is 7.41. The summed E-state index contributed by atoms with van der Waals surface area (Å²) in [6.07, 6.45) is 8.69. The van der Waals surface area contributed by atoms with E-state index in [4.69, 9.17) is 23.7 Å². The molecule has 7 heteroatoms. The second-order valence-electron chi connectivity index (χ2n) is 7.75. The molecular formula is C30H31NO6. The molecule has 0 bridgehead atoms. The van der Waals surface area contributed by atoms with Crippen LogP contribution in [-0.2, 0) is 4.79 Å². The van der Waals surface area contributed by atoms with Gasteiger partial charge in [0, 0.05) is 6.08 Å². The van der Waals surface area contributed by atoms with E-state index in [-0.39, 0.29) is 5.91 Å².